The van der Waals surface area contributed by atoms with Crippen molar-refractivity contribution in [3.8, 4) is 17.2 Å². The number of hydrogen-bond donors (Lipinski definition) is 2. The lowest BCUT2D eigenvalue weighted by molar-refractivity contribution is -0.140. The second kappa shape index (κ2) is 11.4. The molecule has 0 saturated carbocycles. The fourth-order valence-electron chi connectivity index (χ4n) is 4.60. The molecule has 3 aromatic carbocycles. The molecule has 0 aromatic heterocycles. The maximum Gasteiger partial charge on any atom is 0.295 e. The Morgan fingerprint density at radius 2 is 1.68 bits per heavy atom. The molecule has 4 rings (SSSR count). The summed E-state index contributed by atoms with van der Waals surface area (Å²) in [6, 6.07) is 16.6. The highest BCUT2D eigenvalue weighted by molar-refractivity contribution is 6.46. The molecular weight excluding hydrogens is 482 g/mol. The standard InChI is InChI=1S/C31H33NO6/c1-5-15-38-24-12-9-21(10-13-24)29(34)27-28(22-11-14-25(33)26(17-22)37-6-2)32(31(36)30(27)35)18-23-16-19(3)7-8-20(23)4/h7-14,16-17,28,33-34H,5-6,15,18H2,1-4H3/b29-27-. The maximum atomic E-state index is 13.4. The summed E-state index contributed by atoms with van der Waals surface area (Å²) in [5, 5.41) is 21.7. The van der Waals surface area contributed by atoms with Gasteiger partial charge in [-0.1, -0.05) is 36.8 Å². The van der Waals surface area contributed by atoms with Crippen LogP contribution in [0.25, 0.3) is 5.76 Å². The summed E-state index contributed by atoms with van der Waals surface area (Å²) in [6.45, 7) is 8.80. The molecule has 0 spiro atoms. The predicted octanol–water partition coefficient (Wildman–Crippen LogP) is 5.82. The molecule has 7 heteroatoms. The van der Waals surface area contributed by atoms with Gasteiger partial charge in [0.25, 0.3) is 11.7 Å². The minimum absolute atomic E-state index is 0.0179. The van der Waals surface area contributed by atoms with Gasteiger partial charge in [-0.05, 0) is 80.3 Å². The van der Waals surface area contributed by atoms with Crippen molar-refractivity contribution in [1.82, 2.24) is 4.90 Å². The van der Waals surface area contributed by atoms with E-state index in [1.807, 2.05) is 39.0 Å². The highest BCUT2D eigenvalue weighted by Crippen LogP contribution is 2.43. The van der Waals surface area contributed by atoms with Crippen LogP contribution < -0.4 is 9.47 Å². The van der Waals surface area contributed by atoms with Crippen LogP contribution in [-0.2, 0) is 16.1 Å². The van der Waals surface area contributed by atoms with E-state index in [1.165, 1.54) is 11.0 Å². The SMILES string of the molecule is CCCOc1ccc(/C(O)=C2/C(=O)C(=O)N(Cc3cc(C)ccc3C)C2c2ccc(O)c(OCC)c2)cc1. The number of aromatic hydroxyl groups is 1. The Hall–Kier alpha value is -4.26. The van der Waals surface area contributed by atoms with Gasteiger partial charge in [0.15, 0.2) is 11.5 Å². The monoisotopic (exact) mass is 515 g/mol. The second-order valence-electron chi connectivity index (χ2n) is 9.39. The summed E-state index contributed by atoms with van der Waals surface area (Å²) in [7, 11) is 0. The number of rotatable bonds is 9. The zero-order valence-electron chi connectivity index (χ0n) is 22.2. The van der Waals surface area contributed by atoms with Crippen LogP contribution in [-0.4, -0.2) is 40.0 Å². The number of carbonyl (C=O) groups excluding carboxylic acids is 2. The Labute approximate surface area is 222 Å². The van der Waals surface area contributed by atoms with Crippen molar-refractivity contribution in [3.05, 3.63) is 94.1 Å². The third-order valence-electron chi connectivity index (χ3n) is 6.59. The normalized spacial score (nSPS) is 16.6. The third kappa shape index (κ3) is 5.37. The molecule has 1 saturated heterocycles. The molecule has 1 heterocycles. The molecule has 1 aliphatic rings. The number of aliphatic hydroxyl groups excluding tert-OH is 1. The molecule has 2 N–H and O–H groups in total. The number of amides is 1. The van der Waals surface area contributed by atoms with Crippen molar-refractivity contribution in [2.24, 2.45) is 0 Å². The number of phenolic OH excluding ortho intramolecular Hbond substituents is 1. The number of carbonyl (C=O) groups is 2. The Balaban J connectivity index is 1.84. The van der Waals surface area contributed by atoms with Gasteiger partial charge in [-0.2, -0.15) is 0 Å². The number of ether oxygens (including phenoxy) is 2. The molecule has 0 radical (unpaired) electrons. The van der Waals surface area contributed by atoms with E-state index in [-0.39, 0.29) is 29.4 Å². The summed E-state index contributed by atoms with van der Waals surface area (Å²) in [4.78, 5) is 28.3. The van der Waals surface area contributed by atoms with Crippen molar-refractivity contribution in [1.29, 1.82) is 0 Å². The number of aliphatic hydroxyl groups is 1. The Morgan fingerprint density at radius 1 is 0.947 bits per heavy atom. The summed E-state index contributed by atoms with van der Waals surface area (Å²) in [5.74, 6) is -0.911. The molecular formula is C31H33NO6. The van der Waals surface area contributed by atoms with Crippen LogP contribution in [0.5, 0.6) is 17.2 Å². The van der Waals surface area contributed by atoms with Crippen LogP contribution in [0.3, 0.4) is 0 Å². The first-order chi connectivity index (χ1) is 18.2. The number of aryl methyl sites for hydroxylation is 2. The first kappa shape index (κ1) is 26.8. The fraction of sp³-hybridized carbons (Fsp3) is 0.290. The maximum absolute atomic E-state index is 13.4. The minimum atomic E-state index is -0.884. The lowest BCUT2D eigenvalue weighted by Gasteiger charge is -2.26. The number of hydrogen-bond acceptors (Lipinski definition) is 6. The topological polar surface area (TPSA) is 96.3 Å². The zero-order chi connectivity index (χ0) is 27.4. The molecule has 1 fully saturated rings. The molecule has 3 aromatic rings. The molecule has 1 aliphatic heterocycles. The van der Waals surface area contributed by atoms with Gasteiger partial charge in [0.2, 0.25) is 0 Å². The summed E-state index contributed by atoms with van der Waals surface area (Å²) in [5.41, 5.74) is 3.84. The van der Waals surface area contributed by atoms with Crippen LogP contribution in [0.15, 0.2) is 66.2 Å². The van der Waals surface area contributed by atoms with Gasteiger partial charge in [0, 0.05) is 12.1 Å². The van der Waals surface area contributed by atoms with Crippen molar-refractivity contribution in [2.45, 2.75) is 46.7 Å². The fourth-order valence-corrected chi connectivity index (χ4v) is 4.60. The Bertz CT molecular complexity index is 1380. The molecule has 198 valence electrons. The highest BCUT2D eigenvalue weighted by Gasteiger charge is 2.46. The Morgan fingerprint density at radius 3 is 2.37 bits per heavy atom. The van der Waals surface area contributed by atoms with E-state index in [0.29, 0.717) is 30.1 Å². The molecule has 38 heavy (non-hydrogen) atoms. The van der Waals surface area contributed by atoms with Gasteiger partial charge in [0.05, 0.1) is 24.8 Å². The number of nitrogens with zero attached hydrogens (tertiary/aromatic N) is 1. The van der Waals surface area contributed by atoms with Crippen LogP contribution in [0.2, 0.25) is 0 Å². The first-order valence-electron chi connectivity index (χ1n) is 12.8. The average molecular weight is 516 g/mol. The van der Waals surface area contributed by atoms with E-state index in [2.05, 4.69) is 0 Å². The zero-order valence-corrected chi connectivity index (χ0v) is 22.2. The van der Waals surface area contributed by atoms with Gasteiger partial charge in [-0.15, -0.1) is 0 Å². The molecule has 1 unspecified atom stereocenters. The number of Topliss-reactive ketones (excluding diaryl/α,β-unsaturated/α-hetero) is 1. The van der Waals surface area contributed by atoms with Gasteiger partial charge < -0.3 is 24.6 Å². The average Bonchev–Trinajstić information content (AvgIpc) is 3.15. The van der Waals surface area contributed by atoms with Gasteiger partial charge >= 0.3 is 0 Å². The van der Waals surface area contributed by atoms with Crippen molar-refractivity contribution < 1.29 is 29.3 Å². The first-order valence-corrected chi connectivity index (χ1v) is 12.8. The summed E-state index contributed by atoms with van der Waals surface area (Å²) < 4.78 is 11.2. The number of benzene rings is 3. The van der Waals surface area contributed by atoms with E-state index in [9.17, 15) is 19.8 Å². The quantitative estimate of drug-likeness (QED) is 0.212. The minimum Gasteiger partial charge on any atom is -0.507 e. The van der Waals surface area contributed by atoms with E-state index in [1.54, 1.807) is 43.3 Å². The molecule has 0 bridgehead atoms. The molecule has 1 atom stereocenters. The smallest absolute Gasteiger partial charge is 0.295 e. The summed E-state index contributed by atoms with van der Waals surface area (Å²) in [6.07, 6.45) is 0.863. The van der Waals surface area contributed by atoms with Crippen LogP contribution in [0, 0.1) is 13.8 Å². The van der Waals surface area contributed by atoms with Crippen LogP contribution >= 0.6 is 0 Å². The van der Waals surface area contributed by atoms with Gasteiger partial charge in [-0.25, -0.2) is 0 Å². The second-order valence-corrected chi connectivity index (χ2v) is 9.39. The Kier molecular flexibility index (Phi) is 8.05. The van der Waals surface area contributed by atoms with Gasteiger partial charge in [0.1, 0.15) is 11.5 Å². The van der Waals surface area contributed by atoms with Crippen LogP contribution in [0.1, 0.15) is 54.1 Å². The number of ketones is 1. The third-order valence-corrected chi connectivity index (χ3v) is 6.59. The lowest BCUT2D eigenvalue weighted by Crippen LogP contribution is -2.29. The van der Waals surface area contributed by atoms with E-state index in [4.69, 9.17) is 9.47 Å². The van der Waals surface area contributed by atoms with Crippen molar-refractivity contribution in [3.63, 3.8) is 0 Å². The predicted molar refractivity (Wildman–Crippen MR) is 145 cm³/mol. The molecule has 1 amide bonds. The van der Waals surface area contributed by atoms with Crippen molar-refractivity contribution in [2.75, 3.05) is 13.2 Å². The number of phenols is 1. The largest absolute Gasteiger partial charge is 0.507 e. The van der Waals surface area contributed by atoms with E-state index < -0.39 is 17.7 Å². The highest BCUT2D eigenvalue weighted by atomic mass is 16.5. The number of likely N-dealkylation sites (tertiary alicyclic amines) is 1. The molecule has 7 nitrogen and oxygen atoms in total. The van der Waals surface area contributed by atoms with Crippen molar-refractivity contribution >= 4 is 17.4 Å². The molecule has 0 aliphatic carbocycles. The summed E-state index contributed by atoms with van der Waals surface area (Å²) >= 11 is 0. The van der Waals surface area contributed by atoms with E-state index in [0.717, 1.165) is 23.1 Å². The van der Waals surface area contributed by atoms with E-state index >= 15 is 0 Å². The lowest BCUT2D eigenvalue weighted by atomic mass is 9.94. The van der Waals surface area contributed by atoms with Gasteiger partial charge in [-0.3, -0.25) is 9.59 Å². The van der Waals surface area contributed by atoms with Crippen LogP contribution in [0.4, 0.5) is 0 Å².